The molecule has 4 nitrogen and oxygen atoms in total. The molecule has 2 aliphatic rings. The number of benzene rings is 4. The molecule has 1 atom stereocenters. The number of rotatable bonds is 4. The Bertz CT molecular complexity index is 2060. The molecule has 41 heavy (non-hydrogen) atoms. The van der Waals surface area contributed by atoms with E-state index in [1.807, 2.05) is 48.5 Å². The van der Waals surface area contributed by atoms with Crippen molar-refractivity contribution < 1.29 is 4.42 Å². The van der Waals surface area contributed by atoms with Crippen LogP contribution in [0, 0.1) is 5.92 Å². The summed E-state index contributed by atoms with van der Waals surface area (Å²) in [4.78, 5) is 15.1. The van der Waals surface area contributed by atoms with E-state index in [0.29, 0.717) is 23.4 Å². The van der Waals surface area contributed by atoms with Crippen molar-refractivity contribution in [3.05, 3.63) is 145 Å². The summed E-state index contributed by atoms with van der Waals surface area (Å²) < 4.78 is 6.51. The molecular formula is C37H25N3O. The summed E-state index contributed by atoms with van der Waals surface area (Å²) in [5.41, 5.74) is 8.04. The molecule has 0 saturated heterocycles. The summed E-state index contributed by atoms with van der Waals surface area (Å²) in [6, 6.07) is 32.9. The molecule has 4 heteroatoms. The maximum Gasteiger partial charge on any atom is 0.164 e. The zero-order chi connectivity index (χ0) is 27.2. The molecule has 2 heterocycles. The third-order valence-corrected chi connectivity index (χ3v) is 7.86. The standard InChI is InChI=1S/C37H25N3O/c1-3-12-25(13-4-1)29-17-9-18-30-33-31(19-10-20-32(33)41-34(29)30)37-39-35(26-14-5-2-6-15-26)38-36(40-37)28-22-21-24-11-7-8-16-27(24)23-28/h1-20,22-24H,21H2. The number of allylic oxidation sites excluding steroid dienone is 8. The Morgan fingerprint density at radius 2 is 1.37 bits per heavy atom. The van der Waals surface area contributed by atoms with Crippen LogP contribution in [0.2, 0.25) is 0 Å². The maximum atomic E-state index is 6.51. The van der Waals surface area contributed by atoms with Crippen LogP contribution in [-0.4, -0.2) is 15.0 Å². The van der Waals surface area contributed by atoms with E-state index in [0.717, 1.165) is 56.2 Å². The van der Waals surface area contributed by atoms with Crippen LogP contribution in [0.3, 0.4) is 0 Å². The van der Waals surface area contributed by atoms with Gasteiger partial charge in [0.15, 0.2) is 17.5 Å². The molecule has 2 aromatic heterocycles. The molecule has 8 rings (SSSR count). The molecule has 6 aromatic rings. The number of para-hydroxylation sites is 1. The molecule has 0 aliphatic heterocycles. The van der Waals surface area contributed by atoms with Crippen LogP contribution in [0.15, 0.2) is 144 Å². The van der Waals surface area contributed by atoms with Crippen LogP contribution in [0.1, 0.15) is 12.2 Å². The van der Waals surface area contributed by atoms with Gasteiger partial charge >= 0.3 is 0 Å². The van der Waals surface area contributed by atoms with Crippen molar-refractivity contribution in [1.29, 1.82) is 0 Å². The van der Waals surface area contributed by atoms with E-state index in [1.54, 1.807) is 0 Å². The first-order chi connectivity index (χ1) is 20.3. The Hall–Kier alpha value is -5.35. The van der Waals surface area contributed by atoms with E-state index in [-0.39, 0.29) is 0 Å². The smallest absolute Gasteiger partial charge is 0.164 e. The van der Waals surface area contributed by atoms with Gasteiger partial charge in [0.1, 0.15) is 11.2 Å². The Kier molecular flexibility index (Phi) is 5.56. The quantitative estimate of drug-likeness (QED) is 0.229. The molecule has 4 aromatic carbocycles. The highest BCUT2D eigenvalue weighted by Crippen LogP contribution is 2.40. The monoisotopic (exact) mass is 527 g/mol. The van der Waals surface area contributed by atoms with Gasteiger partial charge in [-0.15, -0.1) is 0 Å². The van der Waals surface area contributed by atoms with Gasteiger partial charge in [0, 0.05) is 39.0 Å². The number of fused-ring (bicyclic) bond motifs is 4. The maximum absolute atomic E-state index is 6.51. The van der Waals surface area contributed by atoms with Crippen LogP contribution in [-0.2, 0) is 0 Å². The van der Waals surface area contributed by atoms with Gasteiger partial charge in [-0.25, -0.2) is 15.0 Å². The number of hydrogen-bond acceptors (Lipinski definition) is 4. The SMILES string of the molecule is C1=CC2=CC(c3nc(-c4ccccc4)nc(-c4cccc5oc6c(-c7ccccc7)cccc6c45)n3)=CCC2C=C1. The number of hydrogen-bond donors (Lipinski definition) is 0. The average molecular weight is 528 g/mol. The summed E-state index contributed by atoms with van der Waals surface area (Å²) in [6.45, 7) is 0. The molecule has 0 fully saturated rings. The summed E-state index contributed by atoms with van der Waals surface area (Å²) >= 11 is 0. The Morgan fingerprint density at radius 3 is 2.22 bits per heavy atom. The number of nitrogens with zero attached hydrogens (tertiary/aromatic N) is 3. The molecule has 0 saturated carbocycles. The number of aromatic nitrogens is 3. The molecular weight excluding hydrogens is 502 g/mol. The molecule has 0 spiro atoms. The van der Waals surface area contributed by atoms with Gasteiger partial charge in [-0.2, -0.15) is 0 Å². The first-order valence-corrected chi connectivity index (χ1v) is 13.9. The first-order valence-electron chi connectivity index (χ1n) is 13.9. The largest absolute Gasteiger partial charge is 0.455 e. The Labute approximate surface area is 237 Å². The minimum Gasteiger partial charge on any atom is -0.455 e. The predicted molar refractivity (Wildman–Crippen MR) is 166 cm³/mol. The molecule has 0 bridgehead atoms. The van der Waals surface area contributed by atoms with Gasteiger partial charge in [0.05, 0.1) is 0 Å². The Balaban J connectivity index is 1.35. The van der Waals surface area contributed by atoms with Crippen molar-refractivity contribution in [3.63, 3.8) is 0 Å². The van der Waals surface area contributed by atoms with Crippen molar-refractivity contribution in [2.75, 3.05) is 0 Å². The summed E-state index contributed by atoms with van der Waals surface area (Å²) in [7, 11) is 0. The molecule has 0 radical (unpaired) electrons. The third kappa shape index (κ3) is 4.12. The second kappa shape index (κ2) is 9.68. The highest BCUT2D eigenvalue weighted by atomic mass is 16.3. The van der Waals surface area contributed by atoms with Gasteiger partial charge in [-0.05, 0) is 29.7 Å². The topological polar surface area (TPSA) is 51.8 Å². The van der Waals surface area contributed by atoms with Crippen LogP contribution in [0.5, 0.6) is 0 Å². The normalized spacial score (nSPS) is 16.0. The van der Waals surface area contributed by atoms with Gasteiger partial charge in [-0.3, -0.25) is 0 Å². The minimum atomic E-state index is 0.406. The van der Waals surface area contributed by atoms with Crippen LogP contribution in [0.4, 0.5) is 0 Å². The van der Waals surface area contributed by atoms with Crippen molar-refractivity contribution in [1.82, 2.24) is 15.0 Å². The van der Waals surface area contributed by atoms with E-state index in [9.17, 15) is 0 Å². The van der Waals surface area contributed by atoms with E-state index < -0.39 is 0 Å². The summed E-state index contributed by atoms with van der Waals surface area (Å²) in [5.74, 6) is 2.37. The zero-order valence-corrected chi connectivity index (χ0v) is 22.2. The lowest BCUT2D eigenvalue weighted by atomic mass is 9.85. The Morgan fingerprint density at radius 1 is 0.634 bits per heavy atom. The molecule has 0 N–H and O–H groups in total. The van der Waals surface area contributed by atoms with Crippen LogP contribution in [0.25, 0.3) is 61.4 Å². The second-order valence-corrected chi connectivity index (χ2v) is 10.4. The lowest BCUT2D eigenvalue weighted by Crippen LogP contribution is -2.08. The summed E-state index contributed by atoms with van der Waals surface area (Å²) in [5, 5.41) is 2.05. The van der Waals surface area contributed by atoms with Crippen LogP contribution >= 0.6 is 0 Å². The lowest BCUT2D eigenvalue weighted by molar-refractivity contribution is 0.670. The van der Waals surface area contributed by atoms with Crippen molar-refractivity contribution in [2.45, 2.75) is 6.42 Å². The van der Waals surface area contributed by atoms with Gasteiger partial charge in [-0.1, -0.05) is 121 Å². The van der Waals surface area contributed by atoms with E-state index in [2.05, 4.69) is 85.0 Å². The third-order valence-electron chi connectivity index (χ3n) is 7.86. The highest BCUT2D eigenvalue weighted by Gasteiger charge is 2.21. The second-order valence-electron chi connectivity index (χ2n) is 10.4. The average Bonchev–Trinajstić information content (AvgIpc) is 3.44. The first kappa shape index (κ1) is 23.5. The predicted octanol–water partition coefficient (Wildman–Crippen LogP) is 9.23. The highest BCUT2D eigenvalue weighted by molar-refractivity contribution is 6.14. The fourth-order valence-electron chi connectivity index (χ4n) is 5.84. The summed E-state index contributed by atoms with van der Waals surface area (Å²) in [6.07, 6.45) is 14.0. The lowest BCUT2D eigenvalue weighted by Gasteiger charge is -2.20. The zero-order valence-electron chi connectivity index (χ0n) is 22.2. The van der Waals surface area contributed by atoms with E-state index in [4.69, 9.17) is 19.4 Å². The van der Waals surface area contributed by atoms with Crippen molar-refractivity contribution in [3.8, 4) is 33.9 Å². The molecule has 1 unspecified atom stereocenters. The van der Waals surface area contributed by atoms with E-state index in [1.165, 1.54) is 5.57 Å². The molecule has 2 aliphatic carbocycles. The van der Waals surface area contributed by atoms with Crippen molar-refractivity contribution in [2.24, 2.45) is 5.92 Å². The van der Waals surface area contributed by atoms with Crippen LogP contribution < -0.4 is 0 Å². The van der Waals surface area contributed by atoms with Crippen molar-refractivity contribution >= 4 is 27.5 Å². The van der Waals surface area contributed by atoms with E-state index >= 15 is 0 Å². The molecule has 194 valence electrons. The van der Waals surface area contributed by atoms with Gasteiger partial charge in [0.2, 0.25) is 0 Å². The van der Waals surface area contributed by atoms with Gasteiger partial charge in [0.25, 0.3) is 0 Å². The fourth-order valence-corrected chi connectivity index (χ4v) is 5.84. The molecule has 0 amide bonds. The number of furan rings is 1. The minimum absolute atomic E-state index is 0.406. The fraction of sp³-hybridized carbons (Fsp3) is 0.0541. The van der Waals surface area contributed by atoms with Gasteiger partial charge < -0.3 is 4.42 Å².